The van der Waals surface area contributed by atoms with E-state index in [1.807, 2.05) is 0 Å². The van der Waals surface area contributed by atoms with Gasteiger partial charge in [0.1, 0.15) is 6.04 Å². The van der Waals surface area contributed by atoms with E-state index in [0.717, 1.165) is 17.0 Å². The molecule has 2 rings (SSSR count). The van der Waals surface area contributed by atoms with E-state index in [1.165, 1.54) is 16.6 Å². The highest BCUT2D eigenvalue weighted by Crippen LogP contribution is 2.12. The Kier molecular flexibility index (Phi) is 5.54. The van der Waals surface area contributed by atoms with Gasteiger partial charge < -0.3 is 19.5 Å². The molecule has 1 fully saturated rings. The number of esters is 1. The molecule has 0 saturated carbocycles. The minimum Gasteiger partial charge on any atom is -0.469 e. The number of aromatic nitrogens is 1. The average Bonchev–Trinajstić information content (AvgIpc) is 2.85. The Morgan fingerprint density at radius 2 is 2.17 bits per heavy atom. The topological polar surface area (TPSA) is 97.7 Å². The number of carbonyl (C=O) groups excluding carboxylic acids is 3. The largest absolute Gasteiger partial charge is 0.469 e. The van der Waals surface area contributed by atoms with Gasteiger partial charge in [0.2, 0.25) is 11.8 Å². The van der Waals surface area contributed by atoms with Crippen LogP contribution in [0.4, 0.5) is 0 Å². The molecule has 0 radical (unpaired) electrons. The van der Waals surface area contributed by atoms with Crippen LogP contribution < -0.4 is 10.2 Å². The van der Waals surface area contributed by atoms with Gasteiger partial charge in [-0.3, -0.25) is 19.2 Å². The Balaban J connectivity index is 2.04. The molecule has 2 amide bonds. The third-order valence-electron chi connectivity index (χ3n) is 3.76. The second-order valence-corrected chi connectivity index (χ2v) is 6.04. The minimum absolute atomic E-state index is 0.0996. The number of hydrogen-bond donors (Lipinski definition) is 1. The van der Waals surface area contributed by atoms with Gasteiger partial charge in [-0.1, -0.05) is 11.3 Å². The van der Waals surface area contributed by atoms with Crippen LogP contribution in [-0.2, 0) is 25.7 Å². The van der Waals surface area contributed by atoms with Crippen LogP contribution in [0.1, 0.15) is 18.5 Å². The van der Waals surface area contributed by atoms with E-state index in [0.29, 0.717) is 13.1 Å². The van der Waals surface area contributed by atoms with Crippen molar-refractivity contribution >= 4 is 29.1 Å². The first kappa shape index (κ1) is 17.2. The summed E-state index contributed by atoms with van der Waals surface area (Å²) in [5.41, 5.74) is 0.801. The lowest BCUT2D eigenvalue weighted by Crippen LogP contribution is -2.58. The van der Waals surface area contributed by atoms with Crippen molar-refractivity contribution in [2.45, 2.75) is 32.4 Å². The molecule has 1 aromatic rings. The van der Waals surface area contributed by atoms with Crippen molar-refractivity contribution in [1.29, 1.82) is 0 Å². The zero-order valence-corrected chi connectivity index (χ0v) is 13.9. The first-order chi connectivity index (χ1) is 10.9. The second kappa shape index (κ2) is 7.40. The molecule has 1 aliphatic rings. The normalized spacial score (nSPS) is 17.7. The molecule has 1 N–H and O–H groups in total. The van der Waals surface area contributed by atoms with E-state index in [9.17, 15) is 19.2 Å². The summed E-state index contributed by atoms with van der Waals surface area (Å²) in [6.45, 7) is 2.75. The van der Waals surface area contributed by atoms with Crippen LogP contribution in [0.15, 0.2) is 10.2 Å². The van der Waals surface area contributed by atoms with Crippen LogP contribution in [0.5, 0.6) is 0 Å². The predicted octanol–water partition coefficient (Wildman–Crippen LogP) is -0.502. The van der Waals surface area contributed by atoms with Crippen LogP contribution >= 0.6 is 11.3 Å². The molecule has 1 aromatic heterocycles. The number of rotatable bonds is 5. The summed E-state index contributed by atoms with van der Waals surface area (Å²) in [4.78, 5) is 48.7. The van der Waals surface area contributed by atoms with Crippen LogP contribution in [0.3, 0.4) is 0 Å². The molecule has 23 heavy (non-hydrogen) atoms. The first-order valence-corrected chi connectivity index (χ1v) is 8.11. The highest BCUT2D eigenvalue weighted by atomic mass is 32.1. The van der Waals surface area contributed by atoms with Crippen molar-refractivity contribution in [3.05, 3.63) is 20.7 Å². The van der Waals surface area contributed by atoms with Crippen LogP contribution in [0.2, 0.25) is 0 Å². The third-order valence-corrected chi connectivity index (χ3v) is 4.65. The molecule has 1 aliphatic heterocycles. The molecule has 0 bridgehead atoms. The van der Waals surface area contributed by atoms with Crippen molar-refractivity contribution < 1.29 is 19.1 Å². The smallest absolute Gasteiger partial charge is 0.308 e. The summed E-state index contributed by atoms with van der Waals surface area (Å²) < 4.78 is 6.11. The molecule has 0 aromatic carbocycles. The minimum atomic E-state index is -0.857. The Morgan fingerprint density at radius 3 is 2.78 bits per heavy atom. The van der Waals surface area contributed by atoms with Crippen LogP contribution in [-0.4, -0.2) is 53.5 Å². The van der Waals surface area contributed by atoms with E-state index < -0.39 is 12.0 Å². The predicted molar refractivity (Wildman–Crippen MR) is 83.1 cm³/mol. The molecular weight excluding hydrogens is 322 g/mol. The molecule has 9 heteroatoms. The van der Waals surface area contributed by atoms with Crippen molar-refractivity contribution in [1.82, 2.24) is 14.8 Å². The maximum atomic E-state index is 12.4. The van der Waals surface area contributed by atoms with E-state index in [-0.39, 0.29) is 36.1 Å². The number of thiazole rings is 1. The summed E-state index contributed by atoms with van der Waals surface area (Å²) >= 11 is 1.09. The SMILES string of the molecule is COC(=O)CC1C(=O)NCCN1C(=O)CCn1c(C)csc1=O. The molecular formula is C14H19N3O5S. The fraction of sp³-hybridized carbons (Fsp3) is 0.571. The Hall–Kier alpha value is -2.16. The quantitative estimate of drug-likeness (QED) is 0.728. The number of amides is 2. The lowest BCUT2D eigenvalue weighted by Gasteiger charge is -2.34. The summed E-state index contributed by atoms with van der Waals surface area (Å²) in [6.07, 6.45) is -0.0755. The molecule has 1 saturated heterocycles. The highest BCUT2D eigenvalue weighted by Gasteiger charge is 2.34. The first-order valence-electron chi connectivity index (χ1n) is 7.23. The molecule has 126 valence electrons. The van der Waals surface area contributed by atoms with Gasteiger partial charge in [-0.2, -0.15) is 0 Å². The summed E-state index contributed by atoms with van der Waals surface area (Å²) in [7, 11) is 1.24. The van der Waals surface area contributed by atoms with Crippen LogP contribution in [0, 0.1) is 6.92 Å². The molecule has 1 atom stereocenters. The monoisotopic (exact) mass is 341 g/mol. The zero-order valence-electron chi connectivity index (χ0n) is 13.0. The van der Waals surface area contributed by atoms with E-state index in [2.05, 4.69) is 10.1 Å². The highest BCUT2D eigenvalue weighted by molar-refractivity contribution is 7.07. The van der Waals surface area contributed by atoms with Gasteiger partial charge in [0.05, 0.1) is 13.5 Å². The number of hydrogen-bond acceptors (Lipinski definition) is 6. The van der Waals surface area contributed by atoms with Crippen molar-refractivity contribution in [3.8, 4) is 0 Å². The Morgan fingerprint density at radius 1 is 1.43 bits per heavy atom. The van der Waals surface area contributed by atoms with Gasteiger partial charge in [0, 0.05) is 37.1 Å². The molecule has 0 spiro atoms. The van der Waals surface area contributed by atoms with E-state index >= 15 is 0 Å². The lowest BCUT2D eigenvalue weighted by molar-refractivity contribution is -0.150. The number of methoxy groups -OCH3 is 1. The van der Waals surface area contributed by atoms with Crippen molar-refractivity contribution in [2.24, 2.45) is 0 Å². The lowest BCUT2D eigenvalue weighted by atomic mass is 10.1. The van der Waals surface area contributed by atoms with Gasteiger partial charge in [0.25, 0.3) is 0 Å². The summed E-state index contributed by atoms with van der Waals surface area (Å²) in [5.74, 6) is -1.17. The van der Waals surface area contributed by atoms with Crippen LogP contribution in [0.25, 0.3) is 0 Å². The fourth-order valence-corrected chi connectivity index (χ4v) is 3.24. The number of ether oxygens (including phenoxy) is 1. The van der Waals surface area contributed by atoms with Gasteiger partial charge >= 0.3 is 10.8 Å². The molecule has 8 nitrogen and oxygen atoms in total. The average molecular weight is 341 g/mol. The number of piperazine rings is 1. The Labute approximate surface area is 137 Å². The summed E-state index contributed by atoms with van der Waals surface area (Å²) in [6, 6.07) is -0.857. The number of nitrogens with one attached hydrogen (secondary N) is 1. The Bertz CT molecular complexity index is 666. The maximum absolute atomic E-state index is 12.4. The molecule has 1 unspecified atom stereocenters. The third kappa shape index (κ3) is 3.98. The van der Waals surface area contributed by atoms with Gasteiger partial charge in [0.15, 0.2) is 0 Å². The standard InChI is InChI=1S/C14H19N3O5S/c1-9-8-23-14(21)16(9)5-3-11(18)17-6-4-15-13(20)10(17)7-12(19)22-2/h8,10H,3-7H2,1-2H3,(H,15,20). The fourth-order valence-electron chi connectivity index (χ4n) is 2.48. The van der Waals surface area contributed by atoms with Gasteiger partial charge in [-0.05, 0) is 6.92 Å². The van der Waals surface area contributed by atoms with E-state index in [1.54, 1.807) is 12.3 Å². The number of aryl methyl sites for hydroxylation is 1. The van der Waals surface area contributed by atoms with Gasteiger partial charge in [-0.25, -0.2) is 0 Å². The zero-order chi connectivity index (χ0) is 17.0. The van der Waals surface area contributed by atoms with Crippen molar-refractivity contribution in [2.75, 3.05) is 20.2 Å². The number of carbonyl (C=O) groups is 3. The van der Waals surface area contributed by atoms with Gasteiger partial charge in [-0.15, -0.1) is 0 Å². The van der Waals surface area contributed by atoms with E-state index in [4.69, 9.17) is 0 Å². The molecule has 2 heterocycles. The van der Waals surface area contributed by atoms with Crippen molar-refractivity contribution in [3.63, 3.8) is 0 Å². The second-order valence-electron chi connectivity index (χ2n) is 5.22. The number of nitrogens with zero attached hydrogens (tertiary/aromatic N) is 2. The maximum Gasteiger partial charge on any atom is 0.308 e. The molecule has 0 aliphatic carbocycles. The summed E-state index contributed by atoms with van der Waals surface area (Å²) in [5, 5.41) is 4.38.